The first kappa shape index (κ1) is 13.8. The Morgan fingerprint density at radius 3 is 2.59 bits per heavy atom. The molecule has 22 heavy (non-hydrogen) atoms. The molecule has 1 aromatic heterocycles. The van der Waals surface area contributed by atoms with Crippen molar-refractivity contribution in [2.45, 2.75) is 44.6 Å². The van der Waals surface area contributed by atoms with Gasteiger partial charge >= 0.3 is 0 Å². The Morgan fingerprint density at radius 2 is 1.86 bits per heavy atom. The summed E-state index contributed by atoms with van der Waals surface area (Å²) < 4.78 is 14.5. The lowest BCUT2D eigenvalue weighted by Gasteiger charge is -2.24. The Balaban J connectivity index is 1.80. The predicted octanol–water partition coefficient (Wildman–Crippen LogP) is 4.33. The van der Waals surface area contributed by atoms with E-state index in [2.05, 4.69) is 15.2 Å². The fraction of sp³-hybridized carbons (Fsp3) is 0.500. The molecule has 1 saturated carbocycles. The van der Waals surface area contributed by atoms with Crippen molar-refractivity contribution in [3.8, 4) is 0 Å². The largest absolute Gasteiger partial charge is 0.381 e. The second-order valence-corrected chi connectivity index (χ2v) is 6.48. The minimum atomic E-state index is -0.163. The van der Waals surface area contributed by atoms with Crippen molar-refractivity contribution in [1.82, 2.24) is 4.98 Å². The van der Waals surface area contributed by atoms with E-state index in [1.165, 1.54) is 38.5 Å². The number of rotatable bonds is 3. The van der Waals surface area contributed by atoms with Crippen molar-refractivity contribution in [2.75, 3.05) is 23.3 Å². The predicted molar refractivity (Wildman–Crippen MR) is 89.0 cm³/mol. The van der Waals surface area contributed by atoms with E-state index in [1.54, 1.807) is 12.1 Å². The number of nitrogens with one attached hydrogen (secondary N) is 1. The van der Waals surface area contributed by atoms with E-state index in [-0.39, 0.29) is 5.82 Å². The zero-order valence-electron chi connectivity index (χ0n) is 12.8. The van der Waals surface area contributed by atoms with Gasteiger partial charge in [0.25, 0.3) is 0 Å². The first-order valence-electron chi connectivity index (χ1n) is 8.41. The van der Waals surface area contributed by atoms with Crippen LogP contribution in [0.3, 0.4) is 0 Å². The summed E-state index contributed by atoms with van der Waals surface area (Å²) in [4.78, 5) is 6.90. The molecule has 1 aliphatic carbocycles. The van der Waals surface area contributed by atoms with Crippen LogP contribution in [-0.4, -0.2) is 24.1 Å². The van der Waals surface area contributed by atoms with E-state index in [4.69, 9.17) is 0 Å². The molecule has 0 amide bonds. The molecule has 1 saturated heterocycles. The van der Waals surface area contributed by atoms with Gasteiger partial charge in [0, 0.05) is 24.5 Å². The summed E-state index contributed by atoms with van der Waals surface area (Å²) in [7, 11) is 0. The Bertz CT molecular complexity index is 673. The van der Waals surface area contributed by atoms with Gasteiger partial charge in [0.1, 0.15) is 11.6 Å². The van der Waals surface area contributed by atoms with Crippen molar-refractivity contribution in [2.24, 2.45) is 0 Å². The van der Waals surface area contributed by atoms with E-state index in [9.17, 15) is 4.39 Å². The van der Waals surface area contributed by atoms with Crippen LogP contribution in [0.2, 0.25) is 0 Å². The molecular weight excluding hydrogens is 277 g/mol. The van der Waals surface area contributed by atoms with Gasteiger partial charge in [-0.05, 0) is 31.7 Å². The summed E-state index contributed by atoms with van der Waals surface area (Å²) in [6, 6.07) is 5.89. The zero-order chi connectivity index (χ0) is 14.9. The summed E-state index contributed by atoms with van der Waals surface area (Å²) >= 11 is 0. The van der Waals surface area contributed by atoms with Crippen LogP contribution in [0.4, 0.5) is 15.9 Å². The molecule has 0 unspecified atom stereocenters. The first-order valence-corrected chi connectivity index (χ1v) is 8.41. The smallest absolute Gasteiger partial charge is 0.139 e. The van der Waals surface area contributed by atoms with Crippen LogP contribution in [0.15, 0.2) is 24.4 Å². The lowest BCUT2D eigenvalue weighted by atomic mass is 10.1. The van der Waals surface area contributed by atoms with Crippen LogP contribution in [0.5, 0.6) is 0 Å². The average Bonchev–Trinajstić information content (AvgIpc) is 3.35. The number of hydrogen-bond donors (Lipinski definition) is 1. The molecule has 0 radical (unpaired) electrons. The molecule has 116 valence electrons. The highest BCUT2D eigenvalue weighted by atomic mass is 19.1. The number of halogens is 1. The number of anilines is 2. The van der Waals surface area contributed by atoms with Crippen LogP contribution in [0.1, 0.15) is 38.5 Å². The average molecular weight is 299 g/mol. The number of aromatic nitrogens is 1. The van der Waals surface area contributed by atoms with Crippen LogP contribution in [0.25, 0.3) is 10.8 Å². The van der Waals surface area contributed by atoms with E-state index in [0.717, 1.165) is 30.0 Å². The molecule has 0 bridgehead atoms. The van der Waals surface area contributed by atoms with Gasteiger partial charge in [-0.25, -0.2) is 9.37 Å². The van der Waals surface area contributed by atoms with Gasteiger partial charge in [0.15, 0.2) is 0 Å². The molecule has 0 atom stereocenters. The Kier molecular flexibility index (Phi) is 3.60. The third-order valence-corrected chi connectivity index (χ3v) is 4.69. The second kappa shape index (κ2) is 5.75. The third-order valence-electron chi connectivity index (χ3n) is 4.69. The third kappa shape index (κ3) is 2.62. The maximum atomic E-state index is 14.5. The fourth-order valence-corrected chi connectivity index (χ4v) is 3.32. The Hall–Kier alpha value is -1.84. The SMILES string of the molecule is Fc1cccc2c(NC3CC3)cnc(N3CCCCCC3)c12. The van der Waals surface area contributed by atoms with Gasteiger partial charge < -0.3 is 10.2 Å². The van der Waals surface area contributed by atoms with Crippen LogP contribution in [-0.2, 0) is 0 Å². The number of hydrogen-bond acceptors (Lipinski definition) is 3. The lowest BCUT2D eigenvalue weighted by molar-refractivity contribution is 0.638. The minimum Gasteiger partial charge on any atom is -0.381 e. The standard InChI is InChI=1S/C18H22FN3/c19-15-7-5-6-14-16(21-13-8-9-13)12-20-18(17(14)15)22-10-3-1-2-4-11-22/h5-7,12-13,21H,1-4,8-11H2. The minimum absolute atomic E-state index is 0.163. The molecule has 2 fully saturated rings. The quantitative estimate of drug-likeness (QED) is 0.914. The molecule has 2 aromatic rings. The maximum Gasteiger partial charge on any atom is 0.139 e. The van der Waals surface area contributed by atoms with Gasteiger partial charge in [-0.3, -0.25) is 0 Å². The molecule has 2 heterocycles. The zero-order valence-corrected chi connectivity index (χ0v) is 12.8. The molecule has 1 aromatic carbocycles. The summed E-state index contributed by atoms with van der Waals surface area (Å²) in [6.45, 7) is 1.96. The van der Waals surface area contributed by atoms with Gasteiger partial charge in [0.2, 0.25) is 0 Å². The summed E-state index contributed by atoms with van der Waals surface area (Å²) in [6.07, 6.45) is 9.14. The second-order valence-electron chi connectivity index (χ2n) is 6.48. The first-order chi connectivity index (χ1) is 10.8. The highest BCUT2D eigenvalue weighted by Crippen LogP contribution is 2.35. The van der Waals surface area contributed by atoms with Crippen LogP contribution in [0, 0.1) is 5.82 Å². The maximum absolute atomic E-state index is 14.5. The molecule has 1 aliphatic heterocycles. The Labute approximate surface area is 130 Å². The summed E-state index contributed by atoms with van der Waals surface area (Å²) in [5, 5.41) is 5.12. The summed E-state index contributed by atoms with van der Waals surface area (Å²) in [5.41, 5.74) is 0.968. The monoisotopic (exact) mass is 299 g/mol. The van der Waals surface area contributed by atoms with Crippen LogP contribution < -0.4 is 10.2 Å². The van der Waals surface area contributed by atoms with Crippen molar-refractivity contribution < 1.29 is 4.39 Å². The van der Waals surface area contributed by atoms with Crippen molar-refractivity contribution >= 4 is 22.3 Å². The highest BCUT2D eigenvalue weighted by molar-refractivity contribution is 6.00. The molecule has 3 nitrogen and oxygen atoms in total. The van der Waals surface area contributed by atoms with Gasteiger partial charge in [-0.15, -0.1) is 0 Å². The van der Waals surface area contributed by atoms with Gasteiger partial charge in [-0.1, -0.05) is 25.0 Å². The molecule has 4 rings (SSSR count). The number of nitrogens with zero attached hydrogens (tertiary/aromatic N) is 2. The molecule has 2 aliphatic rings. The highest BCUT2D eigenvalue weighted by Gasteiger charge is 2.23. The number of fused-ring (bicyclic) bond motifs is 1. The van der Waals surface area contributed by atoms with Crippen molar-refractivity contribution in [1.29, 1.82) is 0 Å². The van der Waals surface area contributed by atoms with Crippen LogP contribution >= 0.6 is 0 Å². The normalized spacial score (nSPS) is 19.2. The van der Waals surface area contributed by atoms with E-state index in [1.807, 2.05) is 12.3 Å². The van der Waals surface area contributed by atoms with E-state index >= 15 is 0 Å². The van der Waals surface area contributed by atoms with Crippen molar-refractivity contribution in [3.63, 3.8) is 0 Å². The topological polar surface area (TPSA) is 28.2 Å². The molecule has 1 N–H and O–H groups in total. The fourth-order valence-electron chi connectivity index (χ4n) is 3.32. The molecule has 4 heteroatoms. The molecular formula is C18H22FN3. The van der Waals surface area contributed by atoms with Gasteiger partial charge in [0.05, 0.1) is 17.3 Å². The summed E-state index contributed by atoms with van der Waals surface area (Å²) in [5.74, 6) is 0.653. The Morgan fingerprint density at radius 1 is 1.09 bits per heavy atom. The lowest BCUT2D eigenvalue weighted by Crippen LogP contribution is -2.25. The number of benzene rings is 1. The molecule has 0 spiro atoms. The number of pyridine rings is 1. The van der Waals surface area contributed by atoms with E-state index < -0.39 is 0 Å². The van der Waals surface area contributed by atoms with Crippen molar-refractivity contribution in [3.05, 3.63) is 30.2 Å². The van der Waals surface area contributed by atoms with Gasteiger partial charge in [-0.2, -0.15) is 0 Å². The van der Waals surface area contributed by atoms with E-state index in [0.29, 0.717) is 11.4 Å².